The summed E-state index contributed by atoms with van der Waals surface area (Å²) >= 11 is 0. The maximum atomic E-state index is 10.9. The van der Waals surface area contributed by atoms with Gasteiger partial charge in [-0.05, 0) is 26.3 Å². The molecule has 4 nitrogen and oxygen atoms in total. The Morgan fingerprint density at radius 1 is 1.24 bits per heavy atom. The maximum absolute atomic E-state index is 10.9. The van der Waals surface area contributed by atoms with Crippen molar-refractivity contribution in [2.75, 3.05) is 38.2 Å². The summed E-state index contributed by atoms with van der Waals surface area (Å²) in [4.78, 5) is 2.51. The molecule has 1 unspecified atom stereocenters. The molecule has 1 aliphatic rings. The number of hydrogen-bond donors (Lipinski definition) is 1. The fourth-order valence-corrected chi connectivity index (χ4v) is 2.79. The monoisotopic (exact) mass is 262 g/mol. The Morgan fingerprint density at radius 3 is 2.71 bits per heavy atom. The minimum atomic E-state index is -2.82. The van der Waals surface area contributed by atoms with Crippen LogP contribution in [0.4, 0.5) is 0 Å². The Hall–Kier alpha value is -0.130. The Morgan fingerprint density at radius 2 is 2.00 bits per heavy atom. The van der Waals surface area contributed by atoms with E-state index >= 15 is 0 Å². The molecule has 102 valence electrons. The van der Waals surface area contributed by atoms with E-state index in [0.29, 0.717) is 12.6 Å². The van der Waals surface area contributed by atoms with E-state index in [9.17, 15) is 8.42 Å². The lowest BCUT2D eigenvalue weighted by molar-refractivity contribution is 0.214. The van der Waals surface area contributed by atoms with Gasteiger partial charge in [0.1, 0.15) is 9.84 Å². The lowest BCUT2D eigenvalue weighted by Crippen LogP contribution is -2.38. The van der Waals surface area contributed by atoms with Gasteiger partial charge in [-0.15, -0.1) is 0 Å². The zero-order valence-corrected chi connectivity index (χ0v) is 11.9. The average molecular weight is 262 g/mol. The molecule has 1 N–H and O–H groups in total. The smallest absolute Gasteiger partial charge is 0.148 e. The van der Waals surface area contributed by atoms with Crippen molar-refractivity contribution in [2.45, 2.75) is 38.6 Å². The van der Waals surface area contributed by atoms with Gasteiger partial charge < -0.3 is 5.32 Å². The highest BCUT2D eigenvalue weighted by atomic mass is 32.2. The van der Waals surface area contributed by atoms with Crippen molar-refractivity contribution < 1.29 is 8.42 Å². The molecule has 1 atom stereocenters. The van der Waals surface area contributed by atoms with Crippen LogP contribution in [0.3, 0.4) is 0 Å². The second-order valence-electron chi connectivity index (χ2n) is 5.11. The van der Waals surface area contributed by atoms with E-state index in [4.69, 9.17) is 0 Å². The summed E-state index contributed by atoms with van der Waals surface area (Å²) in [5.41, 5.74) is 0. The van der Waals surface area contributed by atoms with Gasteiger partial charge in [0.15, 0.2) is 0 Å². The van der Waals surface area contributed by atoms with Crippen LogP contribution in [-0.4, -0.2) is 57.5 Å². The number of nitrogens with one attached hydrogen (secondary N) is 1. The van der Waals surface area contributed by atoms with Crippen LogP contribution >= 0.6 is 0 Å². The molecule has 1 aliphatic heterocycles. The molecule has 0 saturated carbocycles. The first-order valence-corrected chi connectivity index (χ1v) is 8.67. The van der Waals surface area contributed by atoms with Crippen molar-refractivity contribution in [1.29, 1.82) is 0 Å². The van der Waals surface area contributed by atoms with Crippen molar-refractivity contribution in [3.05, 3.63) is 0 Å². The summed E-state index contributed by atoms with van der Waals surface area (Å²) in [7, 11) is -2.82. The molecule has 0 aromatic rings. The van der Waals surface area contributed by atoms with E-state index in [2.05, 4.69) is 17.1 Å². The van der Waals surface area contributed by atoms with E-state index in [1.807, 2.05) is 0 Å². The van der Waals surface area contributed by atoms with Gasteiger partial charge in [0, 0.05) is 31.9 Å². The first-order valence-electron chi connectivity index (χ1n) is 6.61. The highest BCUT2D eigenvalue weighted by Crippen LogP contribution is 2.15. The molecular weight excluding hydrogens is 236 g/mol. The van der Waals surface area contributed by atoms with Gasteiger partial charge >= 0.3 is 0 Å². The van der Waals surface area contributed by atoms with Gasteiger partial charge in [0.25, 0.3) is 0 Å². The third-order valence-corrected chi connectivity index (χ3v) is 4.36. The van der Waals surface area contributed by atoms with E-state index in [1.54, 1.807) is 0 Å². The van der Waals surface area contributed by atoms with E-state index in [1.165, 1.54) is 38.5 Å². The normalized spacial score (nSPS) is 23.5. The molecule has 0 aliphatic carbocycles. The molecule has 17 heavy (non-hydrogen) atoms. The molecule has 0 spiro atoms. The topological polar surface area (TPSA) is 49.4 Å². The SMILES string of the molecule is CC1CCCCCN1CCNCCS(C)(=O)=O. The van der Waals surface area contributed by atoms with Crippen LogP contribution in [0.15, 0.2) is 0 Å². The summed E-state index contributed by atoms with van der Waals surface area (Å²) in [5.74, 6) is 0.239. The van der Waals surface area contributed by atoms with Crippen molar-refractivity contribution in [3.8, 4) is 0 Å². The van der Waals surface area contributed by atoms with Crippen molar-refractivity contribution >= 4 is 9.84 Å². The molecule has 5 heteroatoms. The van der Waals surface area contributed by atoms with Gasteiger partial charge in [-0.1, -0.05) is 12.8 Å². The fraction of sp³-hybridized carbons (Fsp3) is 1.00. The van der Waals surface area contributed by atoms with E-state index in [0.717, 1.165) is 13.1 Å². The maximum Gasteiger partial charge on any atom is 0.148 e. The molecule has 0 aromatic heterocycles. The van der Waals surface area contributed by atoms with E-state index in [-0.39, 0.29) is 5.75 Å². The summed E-state index contributed by atoms with van der Waals surface area (Å²) in [6, 6.07) is 0.675. The predicted octanol–water partition coefficient (Wildman–Crippen LogP) is 0.885. The standard InChI is InChI=1S/C12H26N2O2S/c1-12-6-4-3-5-9-14(12)10-7-13-8-11-17(2,15)16/h12-13H,3-11H2,1-2H3. The number of sulfone groups is 1. The molecule has 0 bridgehead atoms. The molecule has 0 amide bonds. The van der Waals surface area contributed by atoms with Crippen molar-refractivity contribution in [2.24, 2.45) is 0 Å². The molecule has 1 saturated heterocycles. The Kier molecular flexibility index (Phi) is 6.44. The molecule has 1 fully saturated rings. The second kappa shape index (κ2) is 7.34. The van der Waals surface area contributed by atoms with Crippen LogP contribution in [0, 0.1) is 0 Å². The summed E-state index contributed by atoms with van der Waals surface area (Å²) in [5, 5.41) is 3.21. The number of hydrogen-bond acceptors (Lipinski definition) is 4. The van der Waals surface area contributed by atoms with Crippen LogP contribution in [-0.2, 0) is 9.84 Å². The lowest BCUT2D eigenvalue weighted by atomic mass is 10.1. The summed E-state index contributed by atoms with van der Waals surface area (Å²) in [6.07, 6.45) is 6.57. The highest BCUT2D eigenvalue weighted by Gasteiger charge is 2.15. The highest BCUT2D eigenvalue weighted by molar-refractivity contribution is 7.90. The Bertz CT molecular complexity index is 304. The first kappa shape index (κ1) is 14.9. The van der Waals surface area contributed by atoms with Crippen LogP contribution in [0.25, 0.3) is 0 Å². The Balaban J connectivity index is 2.12. The van der Waals surface area contributed by atoms with Gasteiger partial charge in [0.05, 0.1) is 5.75 Å². The van der Waals surface area contributed by atoms with Crippen molar-refractivity contribution in [3.63, 3.8) is 0 Å². The number of likely N-dealkylation sites (tertiary alicyclic amines) is 1. The second-order valence-corrected chi connectivity index (χ2v) is 7.37. The van der Waals surface area contributed by atoms with Crippen molar-refractivity contribution in [1.82, 2.24) is 10.2 Å². The summed E-state index contributed by atoms with van der Waals surface area (Å²) < 4.78 is 21.9. The third-order valence-electron chi connectivity index (χ3n) is 3.42. The van der Waals surface area contributed by atoms with E-state index < -0.39 is 9.84 Å². The summed E-state index contributed by atoms with van der Waals surface area (Å²) in [6.45, 7) is 5.97. The van der Waals surface area contributed by atoms with Crippen LogP contribution in [0.2, 0.25) is 0 Å². The largest absolute Gasteiger partial charge is 0.314 e. The molecule has 0 radical (unpaired) electrons. The first-order chi connectivity index (χ1) is 7.99. The molecular formula is C12H26N2O2S. The number of rotatable bonds is 6. The zero-order valence-electron chi connectivity index (χ0n) is 11.1. The molecule has 1 rings (SSSR count). The van der Waals surface area contributed by atoms with Gasteiger partial charge in [-0.25, -0.2) is 8.42 Å². The number of nitrogens with zero attached hydrogens (tertiary/aromatic N) is 1. The van der Waals surface area contributed by atoms with Crippen LogP contribution in [0.5, 0.6) is 0 Å². The van der Waals surface area contributed by atoms with Gasteiger partial charge in [-0.2, -0.15) is 0 Å². The van der Waals surface area contributed by atoms with Crippen LogP contribution < -0.4 is 5.32 Å². The average Bonchev–Trinajstić information content (AvgIpc) is 2.42. The molecule has 0 aromatic carbocycles. The van der Waals surface area contributed by atoms with Gasteiger partial charge in [-0.3, -0.25) is 4.90 Å². The zero-order chi connectivity index (χ0) is 12.7. The fourth-order valence-electron chi connectivity index (χ4n) is 2.27. The van der Waals surface area contributed by atoms with Crippen LogP contribution in [0.1, 0.15) is 32.6 Å². The lowest BCUT2D eigenvalue weighted by Gasteiger charge is -2.26. The molecule has 1 heterocycles. The van der Waals surface area contributed by atoms with Gasteiger partial charge in [0.2, 0.25) is 0 Å². The predicted molar refractivity (Wildman–Crippen MR) is 72.1 cm³/mol. The Labute approximate surface area is 106 Å². The quantitative estimate of drug-likeness (QED) is 0.722. The minimum absolute atomic E-state index is 0.239. The minimum Gasteiger partial charge on any atom is -0.314 e. The third kappa shape index (κ3) is 7.01.